The van der Waals surface area contributed by atoms with E-state index in [9.17, 15) is 9.90 Å². The normalized spacial score (nSPS) is 17.6. The van der Waals surface area contributed by atoms with Crippen LogP contribution in [0.3, 0.4) is 0 Å². The second-order valence-electron chi connectivity index (χ2n) is 5.60. The topological polar surface area (TPSA) is 75.8 Å². The minimum Gasteiger partial charge on any atom is -0.484 e. The molecule has 3 N–H and O–H groups in total. The van der Waals surface area contributed by atoms with Crippen LogP contribution in [0.25, 0.3) is 0 Å². The summed E-state index contributed by atoms with van der Waals surface area (Å²) in [6.45, 7) is 3.77. The highest BCUT2D eigenvalue weighted by Gasteiger charge is 2.25. The molecule has 1 aliphatic heterocycles. The molecule has 2 rings (SSSR count). The maximum atomic E-state index is 12.1. The van der Waals surface area contributed by atoms with Gasteiger partial charge >= 0.3 is 0 Å². The number of carbonyl (C=O) groups excluding carboxylic acids is 1. The first-order valence-electron chi connectivity index (χ1n) is 7.48. The zero-order valence-electron chi connectivity index (χ0n) is 12.5. The third-order valence-corrected chi connectivity index (χ3v) is 4.10. The standard InChI is InChI=1S/C16H24N2O3/c1-12(19)14-6-8-18(9-7-14)16(20)11-21-15-4-2-13(10-17)3-5-15/h2-5,12,14,19H,6-11,17H2,1H3. The zero-order valence-corrected chi connectivity index (χ0v) is 12.5. The van der Waals surface area contributed by atoms with Crippen LogP contribution in [-0.2, 0) is 11.3 Å². The van der Waals surface area contributed by atoms with E-state index >= 15 is 0 Å². The van der Waals surface area contributed by atoms with E-state index in [0.717, 1.165) is 18.4 Å². The number of aliphatic hydroxyl groups excluding tert-OH is 1. The zero-order chi connectivity index (χ0) is 15.2. The SMILES string of the molecule is CC(O)C1CCN(C(=O)COc2ccc(CN)cc2)CC1. The van der Waals surface area contributed by atoms with Crippen molar-refractivity contribution < 1.29 is 14.6 Å². The highest BCUT2D eigenvalue weighted by molar-refractivity contribution is 5.77. The van der Waals surface area contributed by atoms with Crippen LogP contribution in [0, 0.1) is 5.92 Å². The Labute approximate surface area is 125 Å². The van der Waals surface area contributed by atoms with E-state index < -0.39 is 0 Å². The molecule has 1 fully saturated rings. The highest BCUT2D eigenvalue weighted by atomic mass is 16.5. The maximum absolute atomic E-state index is 12.1. The molecule has 1 aliphatic rings. The first-order valence-corrected chi connectivity index (χ1v) is 7.48. The average Bonchev–Trinajstić information content (AvgIpc) is 2.53. The van der Waals surface area contributed by atoms with Gasteiger partial charge in [-0.3, -0.25) is 4.79 Å². The number of amides is 1. The van der Waals surface area contributed by atoms with Crippen molar-refractivity contribution in [3.05, 3.63) is 29.8 Å². The van der Waals surface area contributed by atoms with Crippen LogP contribution in [0.2, 0.25) is 0 Å². The molecule has 0 saturated carbocycles. The Kier molecular flexibility index (Phi) is 5.59. The molecule has 1 amide bonds. The predicted octanol–water partition coefficient (Wildman–Crippen LogP) is 1.14. The van der Waals surface area contributed by atoms with Crippen molar-refractivity contribution >= 4 is 5.91 Å². The van der Waals surface area contributed by atoms with Gasteiger partial charge in [0.25, 0.3) is 5.91 Å². The van der Waals surface area contributed by atoms with Crippen molar-refractivity contribution in [3.8, 4) is 5.75 Å². The van der Waals surface area contributed by atoms with Gasteiger partial charge in [-0.05, 0) is 43.4 Å². The number of likely N-dealkylation sites (tertiary alicyclic amines) is 1. The number of carbonyl (C=O) groups is 1. The Balaban J connectivity index is 1.77. The molecular weight excluding hydrogens is 268 g/mol. The second-order valence-corrected chi connectivity index (χ2v) is 5.60. The lowest BCUT2D eigenvalue weighted by Gasteiger charge is -2.33. The van der Waals surface area contributed by atoms with E-state index in [0.29, 0.717) is 31.3 Å². The van der Waals surface area contributed by atoms with Crippen LogP contribution in [0.5, 0.6) is 5.75 Å². The fourth-order valence-corrected chi connectivity index (χ4v) is 2.59. The average molecular weight is 292 g/mol. The highest BCUT2D eigenvalue weighted by Crippen LogP contribution is 2.20. The number of hydrogen-bond acceptors (Lipinski definition) is 4. The molecular formula is C16H24N2O3. The molecule has 0 bridgehead atoms. The fraction of sp³-hybridized carbons (Fsp3) is 0.562. The first kappa shape index (κ1) is 15.8. The van der Waals surface area contributed by atoms with Crippen molar-refractivity contribution in [2.24, 2.45) is 11.7 Å². The molecule has 116 valence electrons. The fourth-order valence-electron chi connectivity index (χ4n) is 2.59. The molecule has 5 heteroatoms. The van der Waals surface area contributed by atoms with Crippen molar-refractivity contribution in [1.29, 1.82) is 0 Å². The van der Waals surface area contributed by atoms with Crippen molar-refractivity contribution in [3.63, 3.8) is 0 Å². The van der Waals surface area contributed by atoms with E-state index in [1.165, 1.54) is 0 Å². The number of nitrogens with zero attached hydrogens (tertiary/aromatic N) is 1. The summed E-state index contributed by atoms with van der Waals surface area (Å²) >= 11 is 0. The van der Waals surface area contributed by atoms with Gasteiger partial charge in [0.15, 0.2) is 6.61 Å². The van der Waals surface area contributed by atoms with Crippen LogP contribution >= 0.6 is 0 Å². The number of piperidine rings is 1. The number of nitrogens with two attached hydrogens (primary N) is 1. The summed E-state index contributed by atoms with van der Waals surface area (Å²) in [4.78, 5) is 13.9. The van der Waals surface area contributed by atoms with E-state index in [1.807, 2.05) is 36.1 Å². The van der Waals surface area contributed by atoms with Crippen molar-refractivity contribution in [2.45, 2.75) is 32.4 Å². The number of rotatable bonds is 5. The predicted molar refractivity (Wildman–Crippen MR) is 80.8 cm³/mol. The van der Waals surface area contributed by atoms with E-state index in [2.05, 4.69) is 0 Å². The third-order valence-electron chi connectivity index (χ3n) is 4.10. The van der Waals surface area contributed by atoms with Crippen LogP contribution < -0.4 is 10.5 Å². The van der Waals surface area contributed by atoms with Crippen LogP contribution in [0.4, 0.5) is 0 Å². The van der Waals surface area contributed by atoms with Gasteiger partial charge in [0.2, 0.25) is 0 Å². The van der Waals surface area contributed by atoms with Gasteiger partial charge in [0, 0.05) is 19.6 Å². The minimum absolute atomic E-state index is 0.00180. The van der Waals surface area contributed by atoms with Crippen molar-refractivity contribution in [2.75, 3.05) is 19.7 Å². The van der Waals surface area contributed by atoms with Crippen LogP contribution in [0.1, 0.15) is 25.3 Å². The quantitative estimate of drug-likeness (QED) is 0.853. The molecule has 0 aromatic heterocycles. The molecule has 1 atom stereocenters. The molecule has 0 spiro atoms. The maximum Gasteiger partial charge on any atom is 0.260 e. The van der Waals surface area contributed by atoms with Gasteiger partial charge in [-0.15, -0.1) is 0 Å². The van der Waals surface area contributed by atoms with Gasteiger partial charge in [-0.1, -0.05) is 12.1 Å². The largest absolute Gasteiger partial charge is 0.484 e. The Morgan fingerprint density at radius 2 is 2.00 bits per heavy atom. The van der Waals surface area contributed by atoms with E-state index in [-0.39, 0.29) is 18.6 Å². The van der Waals surface area contributed by atoms with E-state index in [4.69, 9.17) is 10.5 Å². The van der Waals surface area contributed by atoms with Gasteiger partial charge < -0.3 is 20.5 Å². The lowest BCUT2D eigenvalue weighted by molar-refractivity contribution is -0.135. The Bertz CT molecular complexity index is 451. The summed E-state index contributed by atoms with van der Waals surface area (Å²) in [5.41, 5.74) is 6.57. The molecule has 1 aromatic rings. The van der Waals surface area contributed by atoms with Crippen molar-refractivity contribution in [1.82, 2.24) is 4.90 Å². The van der Waals surface area contributed by atoms with Gasteiger partial charge in [0.05, 0.1) is 6.10 Å². The number of benzene rings is 1. The van der Waals surface area contributed by atoms with Crippen LogP contribution in [-0.4, -0.2) is 41.7 Å². The molecule has 1 aromatic carbocycles. The molecule has 5 nitrogen and oxygen atoms in total. The number of hydrogen-bond donors (Lipinski definition) is 2. The lowest BCUT2D eigenvalue weighted by atomic mass is 9.92. The minimum atomic E-state index is -0.292. The smallest absolute Gasteiger partial charge is 0.260 e. The van der Waals surface area contributed by atoms with Gasteiger partial charge in [0.1, 0.15) is 5.75 Å². The third kappa shape index (κ3) is 4.44. The summed E-state index contributed by atoms with van der Waals surface area (Å²) in [5.74, 6) is 0.986. The summed E-state index contributed by atoms with van der Waals surface area (Å²) in [6.07, 6.45) is 1.42. The molecule has 0 radical (unpaired) electrons. The summed E-state index contributed by atoms with van der Waals surface area (Å²) < 4.78 is 5.51. The Morgan fingerprint density at radius 3 is 2.52 bits per heavy atom. The molecule has 1 saturated heterocycles. The number of ether oxygens (including phenoxy) is 1. The van der Waals surface area contributed by atoms with E-state index in [1.54, 1.807) is 0 Å². The summed E-state index contributed by atoms with van der Waals surface area (Å²) in [5, 5.41) is 9.56. The monoisotopic (exact) mass is 292 g/mol. The molecule has 1 heterocycles. The van der Waals surface area contributed by atoms with Crippen LogP contribution in [0.15, 0.2) is 24.3 Å². The molecule has 0 aliphatic carbocycles. The Hall–Kier alpha value is -1.59. The Morgan fingerprint density at radius 1 is 1.38 bits per heavy atom. The second kappa shape index (κ2) is 7.43. The first-order chi connectivity index (χ1) is 10.1. The van der Waals surface area contributed by atoms with Gasteiger partial charge in [-0.2, -0.15) is 0 Å². The summed E-state index contributed by atoms with van der Waals surface area (Å²) in [7, 11) is 0. The number of aliphatic hydroxyl groups is 1. The molecule has 21 heavy (non-hydrogen) atoms. The molecule has 1 unspecified atom stereocenters. The summed E-state index contributed by atoms with van der Waals surface area (Å²) in [6, 6.07) is 7.45. The lowest BCUT2D eigenvalue weighted by Crippen LogP contribution is -2.42. The van der Waals surface area contributed by atoms with Gasteiger partial charge in [-0.25, -0.2) is 0 Å².